The Labute approximate surface area is 117 Å². The fourth-order valence-electron chi connectivity index (χ4n) is 1.86. The van der Waals surface area contributed by atoms with E-state index in [4.69, 9.17) is 0 Å². The van der Waals surface area contributed by atoms with Crippen molar-refractivity contribution in [1.82, 2.24) is 10.3 Å². The molecule has 1 fully saturated rings. The molecule has 1 aromatic rings. The zero-order valence-electron chi connectivity index (χ0n) is 10.1. The normalized spacial score (nSPS) is 22.6. The van der Waals surface area contributed by atoms with E-state index in [9.17, 15) is 26.4 Å². The molecular formula is C10H11F3N2O3S2. The Morgan fingerprint density at radius 1 is 1.50 bits per heavy atom. The van der Waals surface area contributed by atoms with Crippen LogP contribution in [0.3, 0.4) is 0 Å². The summed E-state index contributed by atoms with van der Waals surface area (Å²) in [5.41, 5.74) is 0. The fraction of sp³-hybridized carbons (Fsp3) is 0.600. The number of hydrogen-bond donors (Lipinski definition) is 1. The van der Waals surface area contributed by atoms with E-state index < -0.39 is 32.8 Å². The van der Waals surface area contributed by atoms with Crippen molar-refractivity contribution in [3.63, 3.8) is 0 Å². The van der Waals surface area contributed by atoms with E-state index in [2.05, 4.69) is 10.3 Å². The lowest BCUT2D eigenvalue weighted by Crippen LogP contribution is -2.45. The summed E-state index contributed by atoms with van der Waals surface area (Å²) in [5.74, 6) is -0.701. The van der Waals surface area contributed by atoms with Gasteiger partial charge in [0.25, 0.3) is 0 Å². The summed E-state index contributed by atoms with van der Waals surface area (Å²) in [6, 6.07) is -0.558. The summed E-state index contributed by atoms with van der Waals surface area (Å²) >= 11 is 0.274. The molecule has 0 amide bonds. The summed E-state index contributed by atoms with van der Waals surface area (Å²) in [6.07, 6.45) is -3.85. The minimum atomic E-state index is -4.57. The van der Waals surface area contributed by atoms with Crippen LogP contribution in [0, 0.1) is 0 Å². The van der Waals surface area contributed by atoms with Gasteiger partial charge in [0.2, 0.25) is 0 Å². The number of hydrogen-bond acceptors (Lipinski definition) is 6. The Kier molecular flexibility index (Phi) is 4.17. The van der Waals surface area contributed by atoms with Crippen molar-refractivity contribution in [2.24, 2.45) is 0 Å². The summed E-state index contributed by atoms with van der Waals surface area (Å²) in [7, 11) is -3.18. The van der Waals surface area contributed by atoms with Crippen LogP contribution in [0.2, 0.25) is 0 Å². The van der Waals surface area contributed by atoms with Crippen LogP contribution in [0.15, 0.2) is 6.20 Å². The second-order valence-electron chi connectivity index (χ2n) is 4.42. The number of aromatic nitrogens is 1. The molecule has 1 saturated heterocycles. The maximum atomic E-state index is 12.4. The third kappa shape index (κ3) is 3.76. The van der Waals surface area contributed by atoms with E-state index in [0.717, 1.165) is 6.20 Å². The van der Waals surface area contributed by atoms with E-state index in [0.29, 0.717) is 0 Å². The lowest BCUT2D eigenvalue weighted by molar-refractivity contribution is -0.137. The lowest BCUT2D eigenvalue weighted by atomic mass is 10.1. The van der Waals surface area contributed by atoms with Crippen LogP contribution < -0.4 is 5.32 Å². The first-order chi connectivity index (χ1) is 9.17. The number of sulfone groups is 1. The number of nitrogens with one attached hydrogen (secondary N) is 1. The molecule has 1 aliphatic rings. The minimum Gasteiger partial charge on any atom is -0.312 e. The number of carbonyl (C=O) groups is 1. The summed E-state index contributed by atoms with van der Waals surface area (Å²) in [5, 5.41) is 1.80. The largest absolute Gasteiger partial charge is 0.443 e. The zero-order valence-corrected chi connectivity index (χ0v) is 11.7. The van der Waals surface area contributed by atoms with Gasteiger partial charge < -0.3 is 5.32 Å². The van der Waals surface area contributed by atoms with Crippen LogP contribution in [0.25, 0.3) is 0 Å². The SMILES string of the molecule is O=C(CC1CS(=O)(=O)CCN1)c1cnc(C(F)(F)F)s1. The highest BCUT2D eigenvalue weighted by Gasteiger charge is 2.35. The minimum absolute atomic E-state index is 0.0104. The van der Waals surface area contributed by atoms with Crippen molar-refractivity contribution >= 4 is 27.0 Å². The molecule has 0 radical (unpaired) electrons. The third-order valence-electron chi connectivity index (χ3n) is 2.76. The molecule has 1 atom stereocenters. The molecule has 5 nitrogen and oxygen atoms in total. The summed E-state index contributed by atoms with van der Waals surface area (Å²) in [4.78, 5) is 14.9. The molecule has 0 spiro atoms. The van der Waals surface area contributed by atoms with Gasteiger partial charge in [-0.05, 0) is 0 Å². The van der Waals surface area contributed by atoms with Crippen LogP contribution in [-0.2, 0) is 16.0 Å². The van der Waals surface area contributed by atoms with Crippen molar-refractivity contribution < 1.29 is 26.4 Å². The Morgan fingerprint density at radius 3 is 2.75 bits per heavy atom. The Balaban J connectivity index is 2.03. The maximum absolute atomic E-state index is 12.4. The maximum Gasteiger partial charge on any atom is 0.443 e. The molecule has 2 heterocycles. The van der Waals surface area contributed by atoms with Gasteiger partial charge in [-0.3, -0.25) is 4.79 Å². The fourth-order valence-corrected chi connectivity index (χ4v) is 4.03. The summed E-state index contributed by atoms with van der Waals surface area (Å²) in [6.45, 7) is 0.247. The van der Waals surface area contributed by atoms with Crippen LogP contribution in [0.1, 0.15) is 21.1 Å². The van der Waals surface area contributed by atoms with Gasteiger partial charge in [0.1, 0.15) is 0 Å². The van der Waals surface area contributed by atoms with Crippen LogP contribution >= 0.6 is 11.3 Å². The predicted octanol–water partition coefficient (Wildman–Crippen LogP) is 1.12. The number of carbonyl (C=O) groups excluding carboxylic acids is 1. The molecule has 1 aromatic heterocycles. The first kappa shape index (κ1) is 15.4. The highest BCUT2D eigenvalue weighted by molar-refractivity contribution is 7.91. The second kappa shape index (κ2) is 5.41. The van der Waals surface area contributed by atoms with Gasteiger partial charge in [-0.1, -0.05) is 0 Å². The predicted molar refractivity (Wildman–Crippen MR) is 66.5 cm³/mol. The molecule has 1 aliphatic heterocycles. The number of rotatable bonds is 3. The number of ketones is 1. The third-order valence-corrected chi connectivity index (χ3v) is 5.58. The number of nitrogens with zero attached hydrogens (tertiary/aromatic N) is 1. The van der Waals surface area contributed by atoms with E-state index in [-0.39, 0.29) is 40.7 Å². The Hall–Kier alpha value is -1.00. The average Bonchev–Trinajstić information content (AvgIpc) is 2.76. The van der Waals surface area contributed by atoms with Crippen molar-refractivity contribution in [1.29, 1.82) is 0 Å². The topological polar surface area (TPSA) is 76.1 Å². The molecule has 112 valence electrons. The van der Waals surface area contributed by atoms with E-state index in [1.807, 2.05) is 0 Å². The van der Waals surface area contributed by atoms with Crippen molar-refractivity contribution in [2.45, 2.75) is 18.6 Å². The van der Waals surface area contributed by atoms with Crippen LogP contribution in [-0.4, -0.2) is 43.3 Å². The average molecular weight is 328 g/mol. The Morgan fingerprint density at radius 2 is 2.20 bits per heavy atom. The molecule has 0 aromatic carbocycles. The standard InChI is InChI=1S/C10H11F3N2O3S2/c11-10(12,13)9-15-4-8(19-9)7(16)3-6-5-20(17,18)2-1-14-6/h4,6,14H,1-3,5H2. The van der Waals surface area contributed by atoms with Crippen molar-refractivity contribution in [2.75, 3.05) is 18.1 Å². The number of Topliss-reactive ketones (excluding diaryl/α,β-unsaturated/α-hetero) is 1. The number of halogens is 3. The van der Waals surface area contributed by atoms with Crippen LogP contribution in [0.5, 0.6) is 0 Å². The van der Waals surface area contributed by atoms with Gasteiger partial charge >= 0.3 is 6.18 Å². The van der Waals surface area contributed by atoms with Crippen LogP contribution in [0.4, 0.5) is 13.2 Å². The monoisotopic (exact) mass is 328 g/mol. The molecule has 0 aliphatic carbocycles. The first-order valence-electron chi connectivity index (χ1n) is 5.67. The zero-order chi connectivity index (χ0) is 15.0. The second-order valence-corrected chi connectivity index (χ2v) is 7.68. The molecule has 1 N–H and O–H groups in total. The van der Waals surface area contributed by atoms with Crippen molar-refractivity contribution in [3.8, 4) is 0 Å². The number of alkyl halides is 3. The first-order valence-corrected chi connectivity index (χ1v) is 8.31. The highest BCUT2D eigenvalue weighted by Crippen LogP contribution is 2.32. The van der Waals surface area contributed by atoms with Gasteiger partial charge in [-0.2, -0.15) is 13.2 Å². The van der Waals surface area contributed by atoms with E-state index in [1.165, 1.54) is 0 Å². The number of thiazole rings is 1. The summed E-state index contributed by atoms with van der Waals surface area (Å²) < 4.78 is 59.9. The molecule has 0 saturated carbocycles. The van der Waals surface area contributed by atoms with Gasteiger partial charge in [0, 0.05) is 25.2 Å². The van der Waals surface area contributed by atoms with Crippen molar-refractivity contribution in [3.05, 3.63) is 16.1 Å². The molecule has 20 heavy (non-hydrogen) atoms. The van der Waals surface area contributed by atoms with E-state index >= 15 is 0 Å². The van der Waals surface area contributed by atoms with Gasteiger partial charge in [0.15, 0.2) is 20.6 Å². The highest BCUT2D eigenvalue weighted by atomic mass is 32.2. The van der Waals surface area contributed by atoms with Gasteiger partial charge in [-0.15, -0.1) is 11.3 Å². The quantitative estimate of drug-likeness (QED) is 0.842. The molecule has 10 heteroatoms. The van der Waals surface area contributed by atoms with Gasteiger partial charge in [-0.25, -0.2) is 13.4 Å². The van der Waals surface area contributed by atoms with Gasteiger partial charge in [0.05, 0.1) is 16.4 Å². The molecule has 1 unspecified atom stereocenters. The molecule has 0 bridgehead atoms. The smallest absolute Gasteiger partial charge is 0.312 e. The molecule has 2 rings (SSSR count). The van der Waals surface area contributed by atoms with E-state index in [1.54, 1.807) is 0 Å². The molecular weight excluding hydrogens is 317 g/mol. The lowest BCUT2D eigenvalue weighted by Gasteiger charge is -2.22. The Bertz CT molecular complexity index is 610.